The summed E-state index contributed by atoms with van der Waals surface area (Å²) in [6.07, 6.45) is -6.28. The van der Waals surface area contributed by atoms with Gasteiger partial charge in [-0.15, -0.1) is 0 Å². The number of rotatable bonds is 6. The van der Waals surface area contributed by atoms with Crippen molar-refractivity contribution in [3.05, 3.63) is 35.4 Å². The highest BCUT2D eigenvalue weighted by Gasteiger charge is 2.36. The van der Waals surface area contributed by atoms with E-state index in [0.29, 0.717) is 18.6 Å². The first-order valence-electron chi connectivity index (χ1n) is 6.88. The highest BCUT2D eigenvalue weighted by atomic mass is 19.4. The van der Waals surface area contributed by atoms with Gasteiger partial charge >= 0.3 is 12.1 Å². The summed E-state index contributed by atoms with van der Waals surface area (Å²) < 4.78 is 51.4. The van der Waals surface area contributed by atoms with Gasteiger partial charge in [0.1, 0.15) is 5.54 Å². The lowest BCUT2D eigenvalue weighted by molar-refractivity contribution is -0.148. The lowest BCUT2D eigenvalue weighted by Crippen LogP contribution is -2.53. The molecule has 1 rings (SSSR count). The Morgan fingerprint density at radius 2 is 1.74 bits per heavy atom. The van der Waals surface area contributed by atoms with E-state index < -0.39 is 35.3 Å². The predicted octanol–water partition coefficient (Wildman–Crippen LogP) is 3.48. The van der Waals surface area contributed by atoms with Crippen LogP contribution in [0.2, 0.25) is 0 Å². The molecular weight excluding hydrogens is 318 g/mol. The summed E-state index contributed by atoms with van der Waals surface area (Å²) in [6, 6.07) is 3.03. The molecule has 1 amide bonds. The van der Waals surface area contributed by atoms with Gasteiger partial charge in [-0.1, -0.05) is 25.5 Å². The smallest absolute Gasteiger partial charge is 0.416 e. The molecule has 0 aliphatic heterocycles. The second-order valence-electron chi connectivity index (χ2n) is 5.36. The zero-order valence-corrected chi connectivity index (χ0v) is 12.6. The van der Waals surface area contributed by atoms with E-state index in [1.807, 2.05) is 0 Å². The van der Waals surface area contributed by atoms with Gasteiger partial charge in [0, 0.05) is 0 Å². The maximum atomic E-state index is 14.1. The van der Waals surface area contributed by atoms with Crippen LogP contribution in [-0.4, -0.2) is 22.5 Å². The van der Waals surface area contributed by atoms with E-state index >= 15 is 0 Å². The Bertz CT molecular complexity index is 571. The fraction of sp³-hybridized carbons (Fsp3) is 0.467. The van der Waals surface area contributed by atoms with Crippen LogP contribution in [0.4, 0.5) is 17.6 Å². The molecule has 0 bridgehead atoms. The van der Waals surface area contributed by atoms with E-state index in [9.17, 15) is 27.2 Å². The maximum absolute atomic E-state index is 14.1. The first kappa shape index (κ1) is 18.9. The molecule has 0 aromatic heterocycles. The summed E-state index contributed by atoms with van der Waals surface area (Å²) >= 11 is 0. The van der Waals surface area contributed by atoms with Crippen molar-refractivity contribution in [2.75, 3.05) is 0 Å². The van der Waals surface area contributed by atoms with Crippen molar-refractivity contribution in [3.63, 3.8) is 0 Å². The fourth-order valence-electron chi connectivity index (χ4n) is 2.05. The summed E-state index contributed by atoms with van der Waals surface area (Å²) in [5.41, 5.74) is -2.88. The Kier molecular flexibility index (Phi) is 5.74. The van der Waals surface area contributed by atoms with Gasteiger partial charge in [0.05, 0.1) is 5.56 Å². The Hall–Kier alpha value is -2.12. The molecule has 2 N–H and O–H groups in total. The minimum atomic E-state index is -4.56. The van der Waals surface area contributed by atoms with Gasteiger partial charge in [0.25, 0.3) is 5.91 Å². The molecule has 0 saturated carbocycles. The van der Waals surface area contributed by atoms with Crippen LogP contribution in [0.3, 0.4) is 0 Å². The third-order valence-electron chi connectivity index (χ3n) is 3.38. The second kappa shape index (κ2) is 6.97. The molecule has 0 heterocycles. The van der Waals surface area contributed by atoms with Crippen molar-refractivity contribution in [2.45, 2.75) is 44.6 Å². The number of amides is 1. The normalized spacial score (nSPS) is 15.6. The number of halogens is 4. The number of carbonyl (C=O) groups excluding carboxylic acids is 1. The van der Waals surface area contributed by atoms with Gasteiger partial charge in [-0.2, -0.15) is 13.2 Å². The molecule has 4 nitrogen and oxygen atoms in total. The Labute approximate surface area is 130 Å². The maximum Gasteiger partial charge on any atom is 0.416 e. The minimum Gasteiger partial charge on any atom is -0.480 e. The summed E-state index contributed by atoms with van der Waals surface area (Å²) in [5, 5.41) is 11.2. The van der Waals surface area contributed by atoms with E-state index in [0.717, 1.165) is 12.1 Å². The first-order chi connectivity index (χ1) is 10.5. The molecule has 8 heteroatoms. The van der Waals surface area contributed by atoms with Crippen LogP contribution < -0.4 is 5.32 Å². The molecule has 0 aliphatic carbocycles. The fourth-order valence-corrected chi connectivity index (χ4v) is 2.05. The Balaban J connectivity index is 2.90. The van der Waals surface area contributed by atoms with Gasteiger partial charge in [-0.3, -0.25) is 4.79 Å². The molecule has 2 unspecified atom stereocenters. The molecule has 0 radical (unpaired) electrons. The van der Waals surface area contributed by atoms with Crippen LogP contribution >= 0.6 is 0 Å². The minimum absolute atomic E-state index is 0.0911. The third-order valence-corrected chi connectivity index (χ3v) is 3.38. The van der Waals surface area contributed by atoms with Gasteiger partial charge in [0.15, 0.2) is 0 Å². The summed E-state index contributed by atoms with van der Waals surface area (Å²) in [7, 11) is 0. The lowest BCUT2D eigenvalue weighted by Gasteiger charge is -2.26. The van der Waals surface area contributed by atoms with Gasteiger partial charge < -0.3 is 10.4 Å². The Morgan fingerprint density at radius 1 is 1.22 bits per heavy atom. The number of alkyl halides is 4. The molecule has 128 valence electrons. The number of carbonyl (C=O) groups is 2. The van der Waals surface area contributed by atoms with Crippen molar-refractivity contribution in [1.29, 1.82) is 0 Å². The molecule has 1 aromatic rings. The zero-order valence-electron chi connectivity index (χ0n) is 12.6. The molecule has 2 atom stereocenters. The van der Waals surface area contributed by atoms with Crippen LogP contribution in [0.1, 0.15) is 44.0 Å². The van der Waals surface area contributed by atoms with E-state index in [4.69, 9.17) is 5.11 Å². The standard InChI is InChI=1S/C15H17F4NO3/c1-3-8-14(2,13(22)23)20-12(21)11(16)9-4-6-10(7-5-9)15(17,18)19/h4-7,11H,3,8H2,1-2H3,(H,20,21)(H,22,23). The van der Waals surface area contributed by atoms with Crippen LogP contribution in [0.15, 0.2) is 24.3 Å². The number of aliphatic carboxylic acids is 1. The van der Waals surface area contributed by atoms with E-state index in [1.54, 1.807) is 6.92 Å². The van der Waals surface area contributed by atoms with Gasteiger partial charge in [0.2, 0.25) is 6.17 Å². The highest BCUT2D eigenvalue weighted by Crippen LogP contribution is 2.30. The lowest BCUT2D eigenvalue weighted by atomic mass is 9.95. The monoisotopic (exact) mass is 335 g/mol. The molecule has 23 heavy (non-hydrogen) atoms. The molecule has 0 saturated heterocycles. The van der Waals surface area contributed by atoms with Gasteiger partial charge in [-0.25, -0.2) is 9.18 Å². The van der Waals surface area contributed by atoms with Crippen LogP contribution in [0.25, 0.3) is 0 Å². The van der Waals surface area contributed by atoms with Crippen molar-refractivity contribution < 1.29 is 32.3 Å². The Morgan fingerprint density at radius 3 is 2.13 bits per heavy atom. The number of carboxylic acid groups (broad SMARTS) is 1. The molecule has 0 spiro atoms. The average molecular weight is 335 g/mol. The number of benzene rings is 1. The van der Waals surface area contributed by atoms with Crippen molar-refractivity contribution in [3.8, 4) is 0 Å². The second-order valence-corrected chi connectivity index (χ2v) is 5.36. The van der Waals surface area contributed by atoms with E-state index in [2.05, 4.69) is 5.32 Å². The largest absolute Gasteiger partial charge is 0.480 e. The SMILES string of the molecule is CCCC(C)(NC(=O)C(F)c1ccc(C(F)(F)F)cc1)C(=O)O. The topological polar surface area (TPSA) is 66.4 Å². The van der Waals surface area contributed by atoms with Crippen LogP contribution in [0, 0.1) is 0 Å². The molecule has 0 aliphatic rings. The van der Waals surface area contributed by atoms with Crippen molar-refractivity contribution in [2.24, 2.45) is 0 Å². The zero-order chi connectivity index (χ0) is 17.8. The van der Waals surface area contributed by atoms with Crippen molar-refractivity contribution in [1.82, 2.24) is 5.32 Å². The highest BCUT2D eigenvalue weighted by molar-refractivity contribution is 5.89. The van der Waals surface area contributed by atoms with Crippen LogP contribution in [0.5, 0.6) is 0 Å². The molecule has 1 aromatic carbocycles. The number of hydrogen-bond acceptors (Lipinski definition) is 2. The third kappa shape index (κ3) is 4.67. The summed E-state index contributed by atoms with van der Waals surface area (Å²) in [4.78, 5) is 23.0. The number of hydrogen-bond donors (Lipinski definition) is 2. The molecular formula is C15H17F4NO3. The number of nitrogens with one attached hydrogen (secondary N) is 1. The first-order valence-corrected chi connectivity index (χ1v) is 6.88. The van der Waals surface area contributed by atoms with E-state index in [1.165, 1.54) is 6.92 Å². The summed E-state index contributed by atoms with van der Waals surface area (Å²) in [5.74, 6) is -2.52. The average Bonchev–Trinajstić information content (AvgIpc) is 2.45. The summed E-state index contributed by atoms with van der Waals surface area (Å²) in [6.45, 7) is 2.95. The predicted molar refractivity (Wildman–Crippen MR) is 74.4 cm³/mol. The van der Waals surface area contributed by atoms with E-state index in [-0.39, 0.29) is 12.0 Å². The quantitative estimate of drug-likeness (QED) is 0.782. The van der Waals surface area contributed by atoms with Crippen molar-refractivity contribution >= 4 is 11.9 Å². The molecule has 0 fully saturated rings. The van der Waals surface area contributed by atoms with Gasteiger partial charge in [-0.05, 0) is 31.0 Å². The number of carboxylic acids is 1. The van der Waals surface area contributed by atoms with Crippen LogP contribution in [-0.2, 0) is 15.8 Å².